The third-order valence-electron chi connectivity index (χ3n) is 4.42. The van der Waals surface area contributed by atoms with Crippen LogP contribution in [0.5, 0.6) is 0 Å². The quantitative estimate of drug-likeness (QED) is 0.847. The Bertz CT molecular complexity index is 615. The standard InChI is InChI=1S/C17H27N3OSi/c1-17(2,3)22(4,5)21-12-11-14-13-16(18)20(19-14)15-9-7-6-8-10-15/h6-10,13H,11-12,18H2,1-5H3. The molecule has 0 aliphatic carbocycles. The average Bonchev–Trinajstić information content (AvgIpc) is 2.79. The molecule has 120 valence electrons. The minimum Gasteiger partial charge on any atom is -0.416 e. The Balaban J connectivity index is 2.01. The van der Waals surface area contributed by atoms with E-state index in [-0.39, 0.29) is 5.04 Å². The summed E-state index contributed by atoms with van der Waals surface area (Å²) in [6.45, 7) is 12.0. The molecule has 1 aromatic carbocycles. The summed E-state index contributed by atoms with van der Waals surface area (Å²) in [4.78, 5) is 0. The maximum absolute atomic E-state index is 6.20. The lowest BCUT2D eigenvalue weighted by molar-refractivity contribution is 0.290. The number of rotatable bonds is 5. The molecule has 0 bridgehead atoms. The van der Waals surface area contributed by atoms with E-state index in [0.717, 1.165) is 17.8 Å². The summed E-state index contributed by atoms with van der Waals surface area (Å²) in [5, 5.41) is 4.82. The van der Waals surface area contributed by atoms with Crippen molar-refractivity contribution in [3.63, 3.8) is 0 Å². The lowest BCUT2D eigenvalue weighted by Crippen LogP contribution is -2.41. The van der Waals surface area contributed by atoms with Crippen LogP contribution in [0.2, 0.25) is 18.1 Å². The van der Waals surface area contributed by atoms with Gasteiger partial charge in [-0.3, -0.25) is 0 Å². The highest BCUT2D eigenvalue weighted by Gasteiger charge is 2.36. The molecule has 0 fully saturated rings. The van der Waals surface area contributed by atoms with Crippen molar-refractivity contribution in [2.75, 3.05) is 12.3 Å². The Morgan fingerprint density at radius 1 is 1.18 bits per heavy atom. The smallest absolute Gasteiger partial charge is 0.191 e. The van der Waals surface area contributed by atoms with Gasteiger partial charge in [-0.2, -0.15) is 5.10 Å². The number of nitrogens with zero attached hydrogens (tertiary/aromatic N) is 2. The Kier molecular flexibility index (Phi) is 4.77. The first-order valence-electron chi connectivity index (χ1n) is 7.74. The summed E-state index contributed by atoms with van der Waals surface area (Å²) in [5.41, 5.74) is 8.02. The highest BCUT2D eigenvalue weighted by molar-refractivity contribution is 6.74. The first kappa shape index (κ1) is 16.8. The van der Waals surface area contributed by atoms with E-state index in [1.807, 2.05) is 36.4 Å². The van der Waals surface area contributed by atoms with Crippen LogP contribution in [-0.2, 0) is 10.8 Å². The minimum absolute atomic E-state index is 0.232. The first-order chi connectivity index (χ1) is 10.2. The first-order valence-corrected chi connectivity index (χ1v) is 10.7. The lowest BCUT2D eigenvalue weighted by Gasteiger charge is -2.36. The van der Waals surface area contributed by atoms with Gasteiger partial charge in [0.25, 0.3) is 0 Å². The highest BCUT2D eigenvalue weighted by atomic mass is 28.4. The number of hydrogen-bond acceptors (Lipinski definition) is 3. The van der Waals surface area contributed by atoms with Gasteiger partial charge in [-0.1, -0.05) is 39.0 Å². The Hall–Kier alpha value is -1.59. The third kappa shape index (κ3) is 3.78. The van der Waals surface area contributed by atoms with E-state index in [4.69, 9.17) is 10.2 Å². The van der Waals surface area contributed by atoms with Crippen molar-refractivity contribution >= 4 is 14.1 Å². The second kappa shape index (κ2) is 6.26. The van der Waals surface area contributed by atoms with Gasteiger partial charge in [0, 0.05) is 19.1 Å². The van der Waals surface area contributed by atoms with Gasteiger partial charge in [0.2, 0.25) is 0 Å². The van der Waals surface area contributed by atoms with Gasteiger partial charge < -0.3 is 10.2 Å². The molecule has 0 unspecified atom stereocenters. The third-order valence-corrected chi connectivity index (χ3v) is 8.95. The average molecular weight is 318 g/mol. The van der Waals surface area contributed by atoms with Crippen LogP contribution in [0.4, 0.5) is 5.82 Å². The predicted octanol–water partition coefficient (Wildman–Crippen LogP) is 4.02. The maximum Gasteiger partial charge on any atom is 0.191 e. The van der Waals surface area contributed by atoms with E-state index in [0.29, 0.717) is 12.4 Å². The Labute approximate surface area is 134 Å². The number of hydrogen-bond donors (Lipinski definition) is 1. The fraction of sp³-hybridized carbons (Fsp3) is 0.471. The molecule has 1 aromatic heterocycles. The molecule has 22 heavy (non-hydrogen) atoms. The van der Waals surface area contributed by atoms with Crippen LogP contribution in [0.1, 0.15) is 26.5 Å². The fourth-order valence-electron chi connectivity index (χ4n) is 1.97. The topological polar surface area (TPSA) is 53.1 Å². The van der Waals surface area contributed by atoms with Crippen LogP contribution < -0.4 is 5.73 Å². The summed E-state index contributed by atoms with van der Waals surface area (Å²) in [7, 11) is -1.70. The van der Waals surface area contributed by atoms with Crippen molar-refractivity contribution in [1.82, 2.24) is 9.78 Å². The van der Waals surface area contributed by atoms with Crippen molar-refractivity contribution in [3.8, 4) is 5.69 Å². The van der Waals surface area contributed by atoms with Gasteiger partial charge >= 0.3 is 0 Å². The molecular formula is C17H27N3OSi. The molecule has 0 aliphatic rings. The van der Waals surface area contributed by atoms with Crippen LogP contribution in [0.15, 0.2) is 36.4 Å². The van der Waals surface area contributed by atoms with E-state index >= 15 is 0 Å². The monoisotopic (exact) mass is 317 g/mol. The number of para-hydroxylation sites is 1. The van der Waals surface area contributed by atoms with Crippen LogP contribution in [-0.4, -0.2) is 24.7 Å². The molecule has 0 spiro atoms. The highest BCUT2D eigenvalue weighted by Crippen LogP contribution is 2.36. The van der Waals surface area contributed by atoms with Crippen molar-refractivity contribution in [1.29, 1.82) is 0 Å². The molecule has 0 radical (unpaired) electrons. The summed E-state index contributed by atoms with van der Waals surface area (Å²) < 4.78 is 7.98. The van der Waals surface area contributed by atoms with E-state index in [1.54, 1.807) is 4.68 Å². The molecule has 2 rings (SSSR count). The Morgan fingerprint density at radius 2 is 1.82 bits per heavy atom. The van der Waals surface area contributed by atoms with E-state index < -0.39 is 8.32 Å². The molecule has 2 N–H and O–H groups in total. The molecule has 2 aromatic rings. The van der Waals surface area contributed by atoms with Gasteiger partial charge in [0.15, 0.2) is 8.32 Å². The Morgan fingerprint density at radius 3 is 2.41 bits per heavy atom. The molecule has 1 heterocycles. The molecule has 0 amide bonds. The normalized spacial score (nSPS) is 12.6. The predicted molar refractivity (Wildman–Crippen MR) is 94.8 cm³/mol. The fourth-order valence-corrected chi connectivity index (χ4v) is 3.02. The molecule has 0 saturated heterocycles. The summed E-state index contributed by atoms with van der Waals surface area (Å²) in [6.07, 6.45) is 0.788. The second-order valence-corrected chi connectivity index (χ2v) is 12.0. The van der Waals surface area contributed by atoms with Gasteiger partial charge in [0.05, 0.1) is 11.4 Å². The maximum atomic E-state index is 6.20. The van der Waals surface area contributed by atoms with Gasteiger partial charge in [0.1, 0.15) is 5.82 Å². The lowest BCUT2D eigenvalue weighted by atomic mass is 10.2. The van der Waals surface area contributed by atoms with Crippen LogP contribution in [0, 0.1) is 0 Å². The molecular weight excluding hydrogens is 290 g/mol. The summed E-state index contributed by atoms with van der Waals surface area (Å²) in [5.74, 6) is 0.661. The van der Waals surface area contributed by atoms with E-state index in [1.165, 1.54) is 0 Å². The van der Waals surface area contributed by atoms with Crippen molar-refractivity contribution in [2.24, 2.45) is 0 Å². The van der Waals surface area contributed by atoms with Gasteiger partial charge in [-0.15, -0.1) is 0 Å². The largest absolute Gasteiger partial charge is 0.416 e. The van der Waals surface area contributed by atoms with Gasteiger partial charge in [-0.25, -0.2) is 4.68 Å². The van der Waals surface area contributed by atoms with Crippen LogP contribution in [0.3, 0.4) is 0 Å². The van der Waals surface area contributed by atoms with Crippen molar-refractivity contribution in [2.45, 2.75) is 45.3 Å². The number of benzene rings is 1. The number of nitrogens with two attached hydrogens (primary N) is 1. The van der Waals surface area contributed by atoms with Crippen molar-refractivity contribution in [3.05, 3.63) is 42.1 Å². The zero-order valence-corrected chi connectivity index (χ0v) is 15.3. The van der Waals surface area contributed by atoms with E-state index in [9.17, 15) is 0 Å². The molecule has 0 aliphatic heterocycles. The van der Waals surface area contributed by atoms with E-state index in [2.05, 4.69) is 39.0 Å². The number of aromatic nitrogens is 2. The minimum atomic E-state index is -1.70. The second-order valence-electron chi connectivity index (χ2n) is 7.17. The van der Waals surface area contributed by atoms with Crippen molar-refractivity contribution < 1.29 is 4.43 Å². The molecule has 0 saturated carbocycles. The van der Waals surface area contributed by atoms with Crippen LogP contribution in [0.25, 0.3) is 5.69 Å². The summed E-state index contributed by atoms with van der Waals surface area (Å²) >= 11 is 0. The zero-order valence-electron chi connectivity index (χ0n) is 14.3. The van der Waals surface area contributed by atoms with Gasteiger partial charge in [-0.05, 0) is 30.3 Å². The SMILES string of the molecule is CC(C)(C)[Si](C)(C)OCCc1cc(N)n(-c2ccccc2)n1. The molecule has 5 heteroatoms. The summed E-state index contributed by atoms with van der Waals surface area (Å²) in [6, 6.07) is 11.9. The van der Waals surface area contributed by atoms with Crippen LogP contribution >= 0.6 is 0 Å². The zero-order chi connectivity index (χ0) is 16.4. The molecule has 4 nitrogen and oxygen atoms in total. The number of anilines is 1. The number of nitrogen functional groups attached to an aromatic ring is 1. The molecule has 0 atom stereocenters.